The average Bonchev–Trinajstić information content (AvgIpc) is 3.37. The molecule has 2 N–H and O–H groups in total. The molecule has 40 heavy (non-hydrogen) atoms. The van der Waals surface area contributed by atoms with E-state index in [4.69, 9.17) is 25.8 Å². The van der Waals surface area contributed by atoms with E-state index in [1.807, 2.05) is 42.5 Å². The number of rotatable bonds is 8. The highest BCUT2D eigenvalue weighted by atomic mass is 35.5. The summed E-state index contributed by atoms with van der Waals surface area (Å²) in [5.41, 5.74) is 6.27. The number of carbonyl (C=O) groups excluding carboxylic acids is 2. The lowest BCUT2D eigenvalue weighted by atomic mass is 10.0. The Labute approximate surface area is 235 Å². The summed E-state index contributed by atoms with van der Waals surface area (Å²) in [4.78, 5) is 29.0. The van der Waals surface area contributed by atoms with Crippen LogP contribution in [-0.4, -0.2) is 37.3 Å². The van der Waals surface area contributed by atoms with E-state index in [1.165, 1.54) is 20.4 Å². The van der Waals surface area contributed by atoms with E-state index in [2.05, 4.69) is 15.5 Å². The normalized spacial score (nSPS) is 11.0. The van der Waals surface area contributed by atoms with Gasteiger partial charge in [0.15, 0.2) is 11.5 Å². The van der Waals surface area contributed by atoms with E-state index in [-0.39, 0.29) is 5.75 Å². The van der Waals surface area contributed by atoms with Crippen molar-refractivity contribution >= 4 is 40.6 Å². The van der Waals surface area contributed by atoms with Crippen LogP contribution in [-0.2, 0) is 0 Å². The molecule has 0 spiro atoms. The van der Waals surface area contributed by atoms with Gasteiger partial charge in [-0.25, -0.2) is 10.2 Å². The Balaban J connectivity index is 1.34. The van der Waals surface area contributed by atoms with Gasteiger partial charge in [0, 0.05) is 21.5 Å². The zero-order chi connectivity index (χ0) is 28.1. The fourth-order valence-corrected chi connectivity index (χ4v) is 4.39. The second-order valence-electron chi connectivity index (χ2n) is 8.66. The van der Waals surface area contributed by atoms with Crippen molar-refractivity contribution in [3.8, 4) is 28.4 Å². The molecule has 0 aliphatic carbocycles. The fourth-order valence-electron chi connectivity index (χ4n) is 4.22. The molecule has 8 nitrogen and oxygen atoms in total. The summed E-state index contributed by atoms with van der Waals surface area (Å²) in [6, 6.07) is 26.6. The molecule has 0 aliphatic rings. The Morgan fingerprint density at radius 2 is 1.70 bits per heavy atom. The molecule has 5 aromatic rings. The predicted molar refractivity (Wildman–Crippen MR) is 155 cm³/mol. The molecular formula is C31H24ClN3O5. The minimum absolute atomic E-state index is 0.237. The topological polar surface area (TPSA) is 102 Å². The molecule has 0 bridgehead atoms. The van der Waals surface area contributed by atoms with Crippen LogP contribution in [0.25, 0.3) is 22.0 Å². The minimum Gasteiger partial charge on any atom is -0.497 e. The largest absolute Gasteiger partial charge is 0.497 e. The van der Waals surface area contributed by atoms with Gasteiger partial charge < -0.3 is 19.2 Å². The first-order valence-corrected chi connectivity index (χ1v) is 12.6. The van der Waals surface area contributed by atoms with Crippen LogP contribution in [0.15, 0.2) is 96.1 Å². The third-order valence-electron chi connectivity index (χ3n) is 6.13. The van der Waals surface area contributed by atoms with Crippen molar-refractivity contribution in [2.75, 3.05) is 14.2 Å². The second-order valence-corrected chi connectivity index (χ2v) is 9.10. The van der Waals surface area contributed by atoms with Crippen molar-refractivity contribution < 1.29 is 23.8 Å². The molecular weight excluding hydrogens is 530 g/mol. The molecule has 0 fully saturated rings. The van der Waals surface area contributed by atoms with E-state index < -0.39 is 11.9 Å². The van der Waals surface area contributed by atoms with Gasteiger partial charge in [0.05, 0.1) is 26.0 Å². The van der Waals surface area contributed by atoms with Gasteiger partial charge in [-0.3, -0.25) is 4.79 Å². The lowest BCUT2D eigenvalue weighted by Gasteiger charge is -2.10. The highest BCUT2D eigenvalue weighted by Crippen LogP contribution is 2.34. The number of hydrogen-bond donors (Lipinski definition) is 2. The molecule has 1 amide bonds. The van der Waals surface area contributed by atoms with E-state index >= 15 is 0 Å². The fraction of sp³-hybridized carbons (Fsp3) is 0.0645. The summed E-state index contributed by atoms with van der Waals surface area (Å²) < 4.78 is 16.1. The summed E-state index contributed by atoms with van der Waals surface area (Å²) in [5, 5.41) is 5.53. The molecule has 0 saturated carbocycles. The molecule has 5 rings (SSSR count). The molecule has 200 valence electrons. The summed E-state index contributed by atoms with van der Waals surface area (Å²) in [7, 11) is 2.99. The summed E-state index contributed by atoms with van der Waals surface area (Å²) >= 11 is 6.24. The molecule has 9 heteroatoms. The first-order chi connectivity index (χ1) is 19.5. The summed E-state index contributed by atoms with van der Waals surface area (Å²) in [6.45, 7) is 0. The number of aromatic amines is 1. The minimum atomic E-state index is -0.556. The Bertz CT molecular complexity index is 1730. The van der Waals surface area contributed by atoms with Crippen molar-refractivity contribution in [1.82, 2.24) is 10.4 Å². The second kappa shape index (κ2) is 11.8. The quantitative estimate of drug-likeness (QED) is 0.0989. The smallest absolute Gasteiger partial charge is 0.343 e. The van der Waals surface area contributed by atoms with Gasteiger partial charge in [-0.2, -0.15) is 5.10 Å². The number of nitrogens with zero attached hydrogens (tertiary/aromatic N) is 1. The van der Waals surface area contributed by atoms with Crippen LogP contribution in [0.3, 0.4) is 0 Å². The van der Waals surface area contributed by atoms with Gasteiger partial charge >= 0.3 is 5.97 Å². The monoisotopic (exact) mass is 553 g/mol. The van der Waals surface area contributed by atoms with Crippen molar-refractivity contribution in [3.05, 3.63) is 113 Å². The number of aromatic nitrogens is 1. The van der Waals surface area contributed by atoms with Gasteiger partial charge in [-0.1, -0.05) is 48.0 Å². The van der Waals surface area contributed by atoms with Crippen LogP contribution in [0.4, 0.5) is 0 Å². The SMILES string of the molecule is COc1cccc(C(=O)Oc2ccc(C=NNC(=O)c3[nH]c4ccc(Cl)cc4c3-c3ccccc3)cc2OC)c1. The number of ether oxygens (including phenoxy) is 3. The summed E-state index contributed by atoms with van der Waals surface area (Å²) in [5.74, 6) is 0.131. The zero-order valence-electron chi connectivity index (χ0n) is 21.6. The molecule has 0 aliphatic heterocycles. The van der Waals surface area contributed by atoms with E-state index in [9.17, 15) is 9.59 Å². The summed E-state index contributed by atoms with van der Waals surface area (Å²) in [6.07, 6.45) is 1.47. The predicted octanol–water partition coefficient (Wildman–Crippen LogP) is 6.49. The van der Waals surface area contributed by atoms with Crippen LogP contribution < -0.4 is 19.6 Å². The molecule has 1 heterocycles. The van der Waals surface area contributed by atoms with Crippen molar-refractivity contribution in [2.24, 2.45) is 5.10 Å². The number of halogens is 1. The van der Waals surface area contributed by atoms with Gasteiger partial charge in [-0.05, 0) is 65.7 Å². The van der Waals surface area contributed by atoms with E-state index in [0.717, 1.165) is 22.0 Å². The maximum absolute atomic E-state index is 13.2. The van der Waals surface area contributed by atoms with Crippen LogP contribution in [0.1, 0.15) is 26.4 Å². The molecule has 1 aromatic heterocycles. The number of nitrogens with one attached hydrogen (secondary N) is 2. The van der Waals surface area contributed by atoms with Gasteiger partial charge in [0.25, 0.3) is 5.91 Å². The number of amides is 1. The number of carbonyl (C=O) groups is 2. The molecule has 4 aromatic carbocycles. The van der Waals surface area contributed by atoms with E-state index in [0.29, 0.717) is 33.3 Å². The van der Waals surface area contributed by atoms with Crippen molar-refractivity contribution in [3.63, 3.8) is 0 Å². The molecule has 0 saturated heterocycles. The first-order valence-electron chi connectivity index (χ1n) is 12.2. The number of methoxy groups -OCH3 is 2. The number of hydrazone groups is 1. The standard InChI is InChI=1S/C31H24ClN3O5/c1-38-23-10-6-9-21(16-23)31(37)40-26-14-11-19(15-27(26)39-2)18-33-35-30(36)29-28(20-7-4-3-5-8-20)24-17-22(32)12-13-25(24)34-29/h3-18,34H,1-2H3,(H,35,36). The molecule has 0 atom stereocenters. The molecule has 0 unspecified atom stereocenters. The maximum atomic E-state index is 13.2. The Kier molecular flexibility index (Phi) is 7.80. The number of hydrogen-bond acceptors (Lipinski definition) is 6. The number of benzene rings is 4. The first kappa shape index (κ1) is 26.5. The zero-order valence-corrected chi connectivity index (χ0v) is 22.4. The van der Waals surface area contributed by atoms with Gasteiger partial charge in [0.2, 0.25) is 0 Å². The third-order valence-corrected chi connectivity index (χ3v) is 6.36. The number of fused-ring (bicyclic) bond motifs is 1. The van der Waals surface area contributed by atoms with Crippen molar-refractivity contribution in [1.29, 1.82) is 0 Å². The van der Waals surface area contributed by atoms with Crippen molar-refractivity contribution in [2.45, 2.75) is 0 Å². The lowest BCUT2D eigenvalue weighted by Crippen LogP contribution is -2.18. The molecule has 0 radical (unpaired) electrons. The van der Waals surface area contributed by atoms with Gasteiger partial charge in [0.1, 0.15) is 11.4 Å². The van der Waals surface area contributed by atoms with Crippen LogP contribution in [0.2, 0.25) is 5.02 Å². The van der Waals surface area contributed by atoms with Crippen LogP contribution in [0, 0.1) is 0 Å². The highest BCUT2D eigenvalue weighted by Gasteiger charge is 2.19. The Morgan fingerprint density at radius 1 is 0.875 bits per heavy atom. The highest BCUT2D eigenvalue weighted by molar-refractivity contribution is 6.31. The van der Waals surface area contributed by atoms with E-state index in [1.54, 1.807) is 48.5 Å². The van der Waals surface area contributed by atoms with Crippen LogP contribution >= 0.6 is 11.6 Å². The van der Waals surface area contributed by atoms with Gasteiger partial charge in [-0.15, -0.1) is 0 Å². The lowest BCUT2D eigenvalue weighted by molar-refractivity contribution is 0.0729. The number of esters is 1. The third kappa shape index (κ3) is 5.67. The maximum Gasteiger partial charge on any atom is 0.343 e. The Hall–Kier alpha value is -5.08. The number of H-pyrrole nitrogens is 1. The van der Waals surface area contributed by atoms with Crippen LogP contribution in [0.5, 0.6) is 17.2 Å². The Morgan fingerprint density at radius 3 is 2.48 bits per heavy atom. The average molecular weight is 554 g/mol.